The van der Waals surface area contributed by atoms with Gasteiger partial charge >= 0.3 is 5.97 Å². The fourth-order valence-electron chi connectivity index (χ4n) is 2.00. The lowest BCUT2D eigenvalue weighted by atomic mass is 9.82. The van der Waals surface area contributed by atoms with Crippen LogP contribution >= 0.6 is 0 Å². The maximum Gasteiger partial charge on any atom is 0.311 e. The minimum atomic E-state index is -3.23. The zero-order valence-electron chi connectivity index (χ0n) is 8.42. The van der Waals surface area contributed by atoms with Crippen molar-refractivity contribution in [2.75, 3.05) is 11.5 Å². The highest BCUT2D eigenvalue weighted by Gasteiger charge is 2.48. The Bertz CT molecular complexity index is 492. The summed E-state index contributed by atoms with van der Waals surface area (Å²) < 4.78 is 27.4. The van der Waals surface area contributed by atoms with Crippen molar-refractivity contribution < 1.29 is 22.8 Å². The molecule has 1 aromatic rings. The second kappa shape index (κ2) is 3.58. The number of sulfone groups is 1. The fraction of sp³-hybridized carbons (Fsp3) is 0.556. The standard InChI is InChI=1S/C9H11NO5S/c11-8(12)9(1-2-16(13,14)6-9)3-7-4-10-15-5-7/h4-5H,1-3,6H2,(H,11,12). The summed E-state index contributed by atoms with van der Waals surface area (Å²) in [6.07, 6.45) is 3.05. The first-order valence-electron chi connectivity index (χ1n) is 4.76. The van der Waals surface area contributed by atoms with Crippen LogP contribution in [0.25, 0.3) is 0 Å². The van der Waals surface area contributed by atoms with Crippen LogP contribution in [0.2, 0.25) is 0 Å². The molecule has 88 valence electrons. The Labute approximate surface area is 92.2 Å². The number of rotatable bonds is 3. The zero-order chi connectivity index (χ0) is 11.8. The molecule has 2 rings (SSSR count). The third-order valence-electron chi connectivity index (χ3n) is 2.87. The quantitative estimate of drug-likeness (QED) is 0.811. The molecule has 0 aliphatic carbocycles. The summed E-state index contributed by atoms with van der Waals surface area (Å²) in [6.45, 7) is 0. The summed E-state index contributed by atoms with van der Waals surface area (Å²) in [4.78, 5) is 11.2. The second-order valence-electron chi connectivity index (χ2n) is 4.14. The molecule has 0 spiro atoms. The molecule has 0 amide bonds. The molecule has 6 nitrogen and oxygen atoms in total. The van der Waals surface area contributed by atoms with Crippen LogP contribution in [0.4, 0.5) is 0 Å². The number of aromatic nitrogens is 1. The van der Waals surface area contributed by atoms with Gasteiger partial charge in [0, 0.05) is 5.56 Å². The van der Waals surface area contributed by atoms with Gasteiger partial charge in [0.2, 0.25) is 0 Å². The van der Waals surface area contributed by atoms with Crippen LogP contribution in [0, 0.1) is 5.41 Å². The van der Waals surface area contributed by atoms with Gasteiger partial charge in [0.1, 0.15) is 6.26 Å². The molecule has 1 unspecified atom stereocenters. The van der Waals surface area contributed by atoms with Crippen LogP contribution in [0.3, 0.4) is 0 Å². The van der Waals surface area contributed by atoms with Crippen molar-refractivity contribution in [3.8, 4) is 0 Å². The molecule has 0 bridgehead atoms. The number of hydrogen-bond donors (Lipinski definition) is 1. The summed E-state index contributed by atoms with van der Waals surface area (Å²) in [7, 11) is -3.23. The van der Waals surface area contributed by atoms with Gasteiger partial charge in [-0.05, 0) is 12.8 Å². The normalized spacial score (nSPS) is 28.0. The number of aliphatic carboxylic acids is 1. The summed E-state index contributed by atoms with van der Waals surface area (Å²) >= 11 is 0. The molecule has 1 fully saturated rings. The van der Waals surface area contributed by atoms with E-state index < -0.39 is 21.2 Å². The lowest BCUT2D eigenvalue weighted by molar-refractivity contribution is -0.147. The summed E-state index contributed by atoms with van der Waals surface area (Å²) in [5, 5.41) is 12.7. The molecular weight excluding hydrogens is 234 g/mol. The van der Waals surface area contributed by atoms with Gasteiger partial charge in [-0.3, -0.25) is 4.79 Å². The molecule has 1 aliphatic heterocycles. The molecule has 1 atom stereocenters. The van der Waals surface area contributed by atoms with Crippen molar-refractivity contribution in [2.24, 2.45) is 5.41 Å². The van der Waals surface area contributed by atoms with Crippen molar-refractivity contribution >= 4 is 15.8 Å². The van der Waals surface area contributed by atoms with E-state index in [0.717, 1.165) is 0 Å². The van der Waals surface area contributed by atoms with Gasteiger partial charge in [-0.25, -0.2) is 8.42 Å². The van der Waals surface area contributed by atoms with Gasteiger partial charge in [0.05, 0.1) is 23.1 Å². The highest BCUT2D eigenvalue weighted by atomic mass is 32.2. The molecule has 1 aromatic heterocycles. The molecule has 7 heteroatoms. The number of carbonyl (C=O) groups is 1. The molecule has 16 heavy (non-hydrogen) atoms. The minimum absolute atomic E-state index is 0.0649. The molecule has 1 aliphatic rings. The minimum Gasteiger partial charge on any atom is -0.481 e. The predicted molar refractivity (Wildman–Crippen MR) is 53.5 cm³/mol. The Hall–Kier alpha value is -1.37. The van der Waals surface area contributed by atoms with E-state index in [2.05, 4.69) is 9.68 Å². The van der Waals surface area contributed by atoms with Crippen molar-refractivity contribution in [3.63, 3.8) is 0 Å². The summed E-state index contributed by atoms with van der Waals surface area (Å²) in [5.74, 6) is -1.44. The maximum atomic E-state index is 11.4. The van der Waals surface area contributed by atoms with Crippen LogP contribution in [-0.2, 0) is 21.1 Å². The lowest BCUT2D eigenvalue weighted by Gasteiger charge is -2.20. The Balaban J connectivity index is 2.28. The molecule has 2 heterocycles. The van der Waals surface area contributed by atoms with Gasteiger partial charge in [0.25, 0.3) is 0 Å². The Kier molecular flexibility index (Phi) is 2.49. The molecular formula is C9H11NO5S. The highest BCUT2D eigenvalue weighted by Crippen LogP contribution is 2.36. The average Bonchev–Trinajstić information content (AvgIpc) is 2.75. The van der Waals surface area contributed by atoms with E-state index in [0.29, 0.717) is 5.56 Å². The average molecular weight is 245 g/mol. The van der Waals surface area contributed by atoms with E-state index in [1.54, 1.807) is 0 Å². The van der Waals surface area contributed by atoms with E-state index in [4.69, 9.17) is 0 Å². The zero-order valence-corrected chi connectivity index (χ0v) is 9.24. The number of carboxylic acid groups (broad SMARTS) is 1. The predicted octanol–water partition coefficient (Wildman–Crippen LogP) is 0.107. The summed E-state index contributed by atoms with van der Waals surface area (Å²) in [6, 6.07) is 0. The number of nitrogens with zero attached hydrogens (tertiary/aromatic N) is 1. The first-order valence-corrected chi connectivity index (χ1v) is 6.58. The van der Waals surface area contributed by atoms with Crippen molar-refractivity contribution in [3.05, 3.63) is 18.0 Å². The van der Waals surface area contributed by atoms with Crippen molar-refractivity contribution in [1.82, 2.24) is 5.16 Å². The first-order chi connectivity index (χ1) is 7.44. The molecule has 0 aromatic carbocycles. The number of hydrogen-bond acceptors (Lipinski definition) is 5. The van der Waals surface area contributed by atoms with E-state index >= 15 is 0 Å². The Morgan fingerprint density at radius 1 is 1.62 bits per heavy atom. The fourth-order valence-corrected chi connectivity index (χ4v) is 4.06. The van der Waals surface area contributed by atoms with Gasteiger partial charge < -0.3 is 9.63 Å². The molecule has 0 radical (unpaired) electrons. The van der Waals surface area contributed by atoms with Gasteiger partial charge in [-0.2, -0.15) is 0 Å². The first kappa shape index (κ1) is 11.1. The van der Waals surface area contributed by atoms with Gasteiger partial charge in [0.15, 0.2) is 9.84 Å². The maximum absolute atomic E-state index is 11.4. The van der Waals surface area contributed by atoms with Crippen LogP contribution in [0.1, 0.15) is 12.0 Å². The number of carboxylic acids is 1. The van der Waals surface area contributed by atoms with Crippen molar-refractivity contribution in [2.45, 2.75) is 12.8 Å². The van der Waals surface area contributed by atoms with E-state index in [9.17, 15) is 18.3 Å². The second-order valence-corrected chi connectivity index (χ2v) is 6.32. The van der Waals surface area contributed by atoms with E-state index in [1.165, 1.54) is 12.5 Å². The van der Waals surface area contributed by atoms with Crippen LogP contribution in [0.15, 0.2) is 17.0 Å². The van der Waals surface area contributed by atoms with Crippen LogP contribution in [0.5, 0.6) is 0 Å². The van der Waals surface area contributed by atoms with Crippen molar-refractivity contribution in [1.29, 1.82) is 0 Å². The largest absolute Gasteiger partial charge is 0.481 e. The molecule has 0 saturated carbocycles. The third kappa shape index (κ3) is 1.95. The van der Waals surface area contributed by atoms with E-state index in [-0.39, 0.29) is 24.3 Å². The van der Waals surface area contributed by atoms with Crippen LogP contribution in [-0.4, -0.2) is 36.2 Å². The Morgan fingerprint density at radius 3 is 2.81 bits per heavy atom. The lowest BCUT2D eigenvalue weighted by Crippen LogP contribution is -2.34. The highest BCUT2D eigenvalue weighted by molar-refractivity contribution is 7.91. The monoisotopic (exact) mass is 245 g/mol. The van der Waals surface area contributed by atoms with Gasteiger partial charge in [-0.15, -0.1) is 0 Å². The Morgan fingerprint density at radius 2 is 2.38 bits per heavy atom. The third-order valence-corrected chi connectivity index (χ3v) is 4.69. The topological polar surface area (TPSA) is 97.5 Å². The SMILES string of the molecule is O=C(O)C1(Cc2cnoc2)CCS(=O)(=O)C1. The summed E-state index contributed by atoms with van der Waals surface area (Å²) in [5.41, 5.74) is -0.607. The van der Waals surface area contributed by atoms with Crippen LogP contribution < -0.4 is 0 Å². The molecule has 1 N–H and O–H groups in total. The van der Waals surface area contributed by atoms with E-state index in [1.807, 2.05) is 0 Å². The van der Waals surface area contributed by atoms with Gasteiger partial charge in [-0.1, -0.05) is 5.16 Å². The smallest absolute Gasteiger partial charge is 0.311 e. The molecule has 1 saturated heterocycles.